The number of rotatable bonds is 3. The van der Waals surface area contributed by atoms with Crippen molar-refractivity contribution in [1.29, 1.82) is 0 Å². The minimum Gasteiger partial charge on any atom is -0.383 e. The molecule has 17 heavy (non-hydrogen) atoms. The molecule has 0 saturated heterocycles. The molecular formula is C11H13F2N3O. The zero-order chi connectivity index (χ0) is 12.6. The molecule has 1 aromatic carbocycles. The van der Waals surface area contributed by atoms with Gasteiger partial charge in [0.25, 0.3) is 0 Å². The molecule has 92 valence electrons. The number of nitrogens with zero attached hydrogens (tertiary/aromatic N) is 2. The number of hydrogen-bond acceptors (Lipinski definition) is 3. The minimum atomic E-state index is -0.936. The van der Waals surface area contributed by atoms with Crippen LogP contribution in [-0.2, 0) is 4.74 Å². The summed E-state index contributed by atoms with van der Waals surface area (Å²) in [5.74, 6) is -1.70. The Labute approximate surface area is 97.0 Å². The fraction of sp³-hybridized carbons (Fsp3) is 0.364. The van der Waals surface area contributed by atoms with E-state index in [0.717, 1.165) is 6.07 Å². The Morgan fingerprint density at radius 3 is 2.82 bits per heavy atom. The maximum Gasteiger partial charge on any atom is 0.201 e. The van der Waals surface area contributed by atoms with Crippen LogP contribution >= 0.6 is 0 Å². The number of imidazole rings is 1. The lowest BCUT2D eigenvalue weighted by molar-refractivity contribution is 0.164. The average molecular weight is 241 g/mol. The lowest BCUT2D eigenvalue weighted by Crippen LogP contribution is -2.14. The lowest BCUT2D eigenvalue weighted by atomic mass is 10.2. The summed E-state index contributed by atoms with van der Waals surface area (Å²) in [6.45, 7) is 2.14. The van der Waals surface area contributed by atoms with Crippen molar-refractivity contribution in [3.05, 3.63) is 23.8 Å². The normalized spacial score (nSPS) is 13.2. The van der Waals surface area contributed by atoms with Crippen molar-refractivity contribution in [3.63, 3.8) is 0 Å². The molecule has 1 atom stereocenters. The number of halogens is 2. The standard InChI is InChI=1S/C11H13F2N3O/c1-6(5-17-2)16-10-8(15-11(16)14)4-3-7(12)9(10)13/h3-4,6H,5H2,1-2H3,(H2,14,15). The van der Waals surface area contributed by atoms with E-state index in [1.807, 2.05) is 0 Å². The molecule has 0 fully saturated rings. The summed E-state index contributed by atoms with van der Waals surface area (Å²) in [4.78, 5) is 4.00. The van der Waals surface area contributed by atoms with E-state index < -0.39 is 11.6 Å². The van der Waals surface area contributed by atoms with Crippen molar-refractivity contribution in [2.75, 3.05) is 19.5 Å². The Bertz CT molecular complexity index is 553. The third kappa shape index (κ3) is 1.84. The molecule has 0 saturated carbocycles. The van der Waals surface area contributed by atoms with Gasteiger partial charge in [0.1, 0.15) is 5.52 Å². The summed E-state index contributed by atoms with van der Waals surface area (Å²) in [7, 11) is 1.53. The predicted octanol–water partition coefficient (Wildman–Crippen LogP) is 2.10. The molecule has 2 N–H and O–H groups in total. The molecule has 6 heteroatoms. The molecule has 0 spiro atoms. The molecule has 0 radical (unpaired) electrons. The number of nitrogen functional groups attached to an aromatic ring is 1. The number of benzene rings is 1. The van der Waals surface area contributed by atoms with Gasteiger partial charge in [-0.2, -0.15) is 0 Å². The first-order chi connectivity index (χ1) is 8.06. The highest BCUT2D eigenvalue weighted by atomic mass is 19.2. The summed E-state index contributed by atoms with van der Waals surface area (Å²) < 4.78 is 33.4. The van der Waals surface area contributed by atoms with E-state index in [9.17, 15) is 8.78 Å². The first kappa shape index (κ1) is 11.8. The van der Waals surface area contributed by atoms with Crippen molar-refractivity contribution in [1.82, 2.24) is 9.55 Å². The van der Waals surface area contributed by atoms with Crippen LogP contribution in [0.25, 0.3) is 11.0 Å². The van der Waals surface area contributed by atoms with Gasteiger partial charge in [-0.15, -0.1) is 0 Å². The summed E-state index contributed by atoms with van der Waals surface area (Å²) >= 11 is 0. The highest BCUT2D eigenvalue weighted by molar-refractivity contribution is 5.79. The van der Waals surface area contributed by atoms with E-state index in [-0.39, 0.29) is 17.5 Å². The van der Waals surface area contributed by atoms with Crippen molar-refractivity contribution in [2.45, 2.75) is 13.0 Å². The molecule has 1 aromatic heterocycles. The van der Waals surface area contributed by atoms with Crippen LogP contribution in [0.2, 0.25) is 0 Å². The molecule has 1 unspecified atom stereocenters. The number of methoxy groups -OCH3 is 1. The van der Waals surface area contributed by atoms with Crippen molar-refractivity contribution < 1.29 is 13.5 Å². The Balaban J connectivity index is 2.68. The van der Waals surface area contributed by atoms with Gasteiger partial charge in [-0.1, -0.05) is 0 Å². The van der Waals surface area contributed by atoms with E-state index in [1.54, 1.807) is 6.92 Å². The number of hydrogen-bond donors (Lipinski definition) is 1. The topological polar surface area (TPSA) is 53.1 Å². The number of nitrogens with two attached hydrogens (primary N) is 1. The van der Waals surface area contributed by atoms with Gasteiger partial charge in [0.05, 0.1) is 18.2 Å². The van der Waals surface area contributed by atoms with E-state index in [1.165, 1.54) is 17.7 Å². The van der Waals surface area contributed by atoms with Gasteiger partial charge in [-0.05, 0) is 19.1 Å². The molecule has 0 amide bonds. The molecule has 4 nitrogen and oxygen atoms in total. The SMILES string of the molecule is COCC(C)n1c(N)nc2ccc(F)c(F)c21. The third-order valence-electron chi connectivity index (χ3n) is 2.62. The summed E-state index contributed by atoms with van der Waals surface area (Å²) in [5.41, 5.74) is 6.12. The predicted molar refractivity (Wildman–Crippen MR) is 60.6 cm³/mol. The Hall–Kier alpha value is -1.69. The molecule has 0 aliphatic heterocycles. The molecule has 1 heterocycles. The third-order valence-corrected chi connectivity index (χ3v) is 2.62. The Kier molecular flexibility index (Phi) is 2.97. The molecule has 0 aliphatic rings. The number of anilines is 1. The van der Waals surface area contributed by atoms with E-state index >= 15 is 0 Å². The van der Waals surface area contributed by atoms with Crippen LogP contribution in [0.5, 0.6) is 0 Å². The second kappa shape index (κ2) is 4.29. The van der Waals surface area contributed by atoms with Gasteiger partial charge < -0.3 is 15.0 Å². The minimum absolute atomic E-state index is 0.0760. The van der Waals surface area contributed by atoms with Crippen LogP contribution in [0.4, 0.5) is 14.7 Å². The zero-order valence-corrected chi connectivity index (χ0v) is 9.58. The summed E-state index contributed by atoms with van der Waals surface area (Å²) in [6, 6.07) is 2.22. The Morgan fingerprint density at radius 2 is 2.18 bits per heavy atom. The molecule has 2 rings (SSSR count). The second-order valence-electron chi connectivity index (χ2n) is 3.87. The van der Waals surface area contributed by atoms with Gasteiger partial charge in [0, 0.05) is 7.11 Å². The zero-order valence-electron chi connectivity index (χ0n) is 9.58. The molecule has 0 bridgehead atoms. The molecule has 2 aromatic rings. The summed E-state index contributed by atoms with van der Waals surface area (Å²) in [6.07, 6.45) is 0. The monoisotopic (exact) mass is 241 g/mol. The van der Waals surface area contributed by atoms with Crippen molar-refractivity contribution in [3.8, 4) is 0 Å². The quantitative estimate of drug-likeness (QED) is 0.895. The fourth-order valence-corrected chi connectivity index (χ4v) is 1.90. The average Bonchev–Trinajstić information content (AvgIpc) is 2.61. The second-order valence-corrected chi connectivity index (χ2v) is 3.87. The number of fused-ring (bicyclic) bond motifs is 1. The van der Waals surface area contributed by atoms with Gasteiger partial charge in [0.15, 0.2) is 11.6 Å². The van der Waals surface area contributed by atoms with Crippen LogP contribution in [0.1, 0.15) is 13.0 Å². The van der Waals surface area contributed by atoms with Crippen molar-refractivity contribution >= 4 is 17.0 Å². The van der Waals surface area contributed by atoms with Crippen LogP contribution in [0.3, 0.4) is 0 Å². The first-order valence-electron chi connectivity index (χ1n) is 5.16. The molecule has 0 aliphatic carbocycles. The van der Waals surface area contributed by atoms with Crippen LogP contribution in [-0.4, -0.2) is 23.3 Å². The van der Waals surface area contributed by atoms with Gasteiger partial charge in [0.2, 0.25) is 5.95 Å². The van der Waals surface area contributed by atoms with Gasteiger partial charge >= 0.3 is 0 Å². The maximum absolute atomic E-state index is 13.7. The van der Waals surface area contributed by atoms with Gasteiger partial charge in [-0.3, -0.25) is 0 Å². The lowest BCUT2D eigenvalue weighted by Gasteiger charge is -2.15. The number of ether oxygens (including phenoxy) is 1. The maximum atomic E-state index is 13.7. The van der Waals surface area contributed by atoms with E-state index in [0.29, 0.717) is 12.1 Å². The van der Waals surface area contributed by atoms with Crippen molar-refractivity contribution in [2.24, 2.45) is 0 Å². The first-order valence-corrected chi connectivity index (χ1v) is 5.16. The fourth-order valence-electron chi connectivity index (χ4n) is 1.90. The number of aromatic nitrogens is 2. The summed E-state index contributed by atoms with van der Waals surface area (Å²) in [5, 5.41) is 0. The highest BCUT2D eigenvalue weighted by Gasteiger charge is 2.19. The smallest absolute Gasteiger partial charge is 0.201 e. The highest BCUT2D eigenvalue weighted by Crippen LogP contribution is 2.26. The Morgan fingerprint density at radius 1 is 1.47 bits per heavy atom. The largest absolute Gasteiger partial charge is 0.383 e. The van der Waals surface area contributed by atoms with Crippen LogP contribution in [0.15, 0.2) is 12.1 Å². The molecular weight excluding hydrogens is 228 g/mol. The van der Waals surface area contributed by atoms with E-state index in [4.69, 9.17) is 10.5 Å². The van der Waals surface area contributed by atoms with Gasteiger partial charge in [-0.25, -0.2) is 13.8 Å². The van der Waals surface area contributed by atoms with Crippen LogP contribution in [0, 0.1) is 11.6 Å². The van der Waals surface area contributed by atoms with E-state index in [2.05, 4.69) is 4.98 Å². The van der Waals surface area contributed by atoms with Crippen LogP contribution < -0.4 is 5.73 Å².